The summed E-state index contributed by atoms with van der Waals surface area (Å²) in [4.78, 5) is 10.8. The van der Waals surface area contributed by atoms with Crippen LogP contribution in [0.25, 0.3) is 0 Å². The lowest BCUT2D eigenvalue weighted by atomic mass is 10.1. The molecule has 0 saturated heterocycles. The van der Waals surface area contributed by atoms with Gasteiger partial charge in [-0.3, -0.25) is 4.79 Å². The molecule has 0 spiro atoms. The van der Waals surface area contributed by atoms with Crippen molar-refractivity contribution in [1.82, 2.24) is 0 Å². The molecule has 0 N–H and O–H groups in total. The Hall–Kier alpha value is -1.51. The molecule has 0 bridgehead atoms. The zero-order valence-electron chi connectivity index (χ0n) is 9.66. The van der Waals surface area contributed by atoms with Crippen LogP contribution in [0.15, 0.2) is 12.1 Å². The molecule has 0 unspecified atom stereocenters. The van der Waals surface area contributed by atoms with Crippen molar-refractivity contribution < 1.29 is 14.3 Å². The molecule has 86 valence electrons. The molecule has 1 aromatic carbocycles. The van der Waals surface area contributed by atoms with E-state index in [9.17, 15) is 4.79 Å². The Morgan fingerprint density at radius 1 is 1.38 bits per heavy atom. The van der Waals surface area contributed by atoms with Gasteiger partial charge >= 0.3 is 0 Å². The average Bonchev–Trinajstić information content (AvgIpc) is 3.10. The van der Waals surface area contributed by atoms with Gasteiger partial charge < -0.3 is 9.47 Å². The second-order valence-corrected chi connectivity index (χ2v) is 4.23. The predicted molar refractivity (Wildman–Crippen MR) is 61.3 cm³/mol. The van der Waals surface area contributed by atoms with E-state index in [2.05, 4.69) is 0 Å². The third kappa shape index (κ3) is 2.35. The van der Waals surface area contributed by atoms with E-state index in [1.165, 1.54) is 12.8 Å². The molecule has 0 atom stereocenters. The molecule has 2 rings (SSSR count). The van der Waals surface area contributed by atoms with Crippen molar-refractivity contribution in [1.29, 1.82) is 0 Å². The topological polar surface area (TPSA) is 35.5 Å². The Labute approximate surface area is 95.4 Å². The molecule has 3 nitrogen and oxygen atoms in total. The van der Waals surface area contributed by atoms with Crippen LogP contribution in [0.4, 0.5) is 0 Å². The fourth-order valence-corrected chi connectivity index (χ4v) is 1.57. The van der Waals surface area contributed by atoms with Crippen LogP contribution in [0.3, 0.4) is 0 Å². The second kappa shape index (κ2) is 4.56. The van der Waals surface area contributed by atoms with Crippen LogP contribution in [0.2, 0.25) is 0 Å². The largest absolute Gasteiger partial charge is 0.493 e. The number of benzene rings is 1. The van der Waals surface area contributed by atoms with Crippen molar-refractivity contribution in [3.05, 3.63) is 23.3 Å². The lowest BCUT2D eigenvalue weighted by molar-refractivity contribution is 0.112. The Morgan fingerprint density at radius 2 is 2.12 bits per heavy atom. The standard InChI is InChI=1S/C13H16O3/c1-9-5-12(15-2)13(6-11(9)7-14)16-8-10-3-4-10/h5-7,10H,3-4,8H2,1-2H3. The quantitative estimate of drug-likeness (QED) is 0.715. The van der Waals surface area contributed by atoms with E-state index < -0.39 is 0 Å². The molecule has 0 aliphatic heterocycles. The lowest BCUT2D eigenvalue weighted by Gasteiger charge is -2.12. The highest BCUT2D eigenvalue weighted by molar-refractivity contribution is 5.79. The number of ether oxygens (including phenoxy) is 2. The normalized spacial score (nSPS) is 14.6. The van der Waals surface area contributed by atoms with Gasteiger partial charge in [-0.2, -0.15) is 0 Å². The SMILES string of the molecule is COc1cc(C)c(C=O)cc1OCC1CC1. The van der Waals surface area contributed by atoms with Crippen LogP contribution in [0.5, 0.6) is 11.5 Å². The smallest absolute Gasteiger partial charge is 0.161 e. The highest BCUT2D eigenvalue weighted by Gasteiger charge is 2.22. The van der Waals surface area contributed by atoms with Crippen LogP contribution in [-0.4, -0.2) is 20.0 Å². The Kier molecular flexibility index (Phi) is 3.13. The lowest BCUT2D eigenvalue weighted by Crippen LogP contribution is -2.02. The first-order valence-electron chi connectivity index (χ1n) is 5.51. The van der Waals surface area contributed by atoms with Crippen LogP contribution in [0, 0.1) is 12.8 Å². The molecule has 1 aliphatic carbocycles. The number of methoxy groups -OCH3 is 1. The zero-order chi connectivity index (χ0) is 11.5. The van der Waals surface area contributed by atoms with E-state index in [1.54, 1.807) is 13.2 Å². The molecule has 1 aromatic rings. The van der Waals surface area contributed by atoms with E-state index in [4.69, 9.17) is 9.47 Å². The summed E-state index contributed by atoms with van der Waals surface area (Å²) in [6, 6.07) is 3.59. The van der Waals surface area contributed by atoms with E-state index in [0.29, 0.717) is 23.0 Å². The van der Waals surface area contributed by atoms with Gasteiger partial charge in [0.2, 0.25) is 0 Å². The third-order valence-corrected chi connectivity index (χ3v) is 2.85. The van der Waals surface area contributed by atoms with Crippen LogP contribution in [0.1, 0.15) is 28.8 Å². The minimum atomic E-state index is 0.659. The number of carbonyl (C=O) groups is 1. The first-order valence-corrected chi connectivity index (χ1v) is 5.51. The fourth-order valence-electron chi connectivity index (χ4n) is 1.57. The average molecular weight is 220 g/mol. The van der Waals surface area contributed by atoms with Gasteiger partial charge in [-0.25, -0.2) is 0 Å². The van der Waals surface area contributed by atoms with Gasteiger partial charge in [-0.15, -0.1) is 0 Å². The van der Waals surface area contributed by atoms with E-state index in [0.717, 1.165) is 18.5 Å². The maximum Gasteiger partial charge on any atom is 0.161 e. The molecule has 0 radical (unpaired) electrons. The molecule has 1 saturated carbocycles. The second-order valence-electron chi connectivity index (χ2n) is 4.23. The monoisotopic (exact) mass is 220 g/mol. The van der Waals surface area contributed by atoms with E-state index in [1.807, 2.05) is 13.0 Å². The Balaban J connectivity index is 2.20. The molecule has 0 aromatic heterocycles. The van der Waals surface area contributed by atoms with Gasteiger partial charge in [0, 0.05) is 5.56 Å². The Morgan fingerprint density at radius 3 is 2.69 bits per heavy atom. The van der Waals surface area contributed by atoms with Gasteiger partial charge in [0.05, 0.1) is 13.7 Å². The highest BCUT2D eigenvalue weighted by Crippen LogP contribution is 2.34. The minimum Gasteiger partial charge on any atom is -0.493 e. The van der Waals surface area contributed by atoms with Crippen molar-refractivity contribution in [3.63, 3.8) is 0 Å². The summed E-state index contributed by atoms with van der Waals surface area (Å²) in [5.41, 5.74) is 1.57. The van der Waals surface area contributed by atoms with Crippen LogP contribution < -0.4 is 9.47 Å². The first kappa shape index (κ1) is 11.0. The van der Waals surface area contributed by atoms with Gasteiger partial charge in [0.1, 0.15) is 6.29 Å². The molecule has 16 heavy (non-hydrogen) atoms. The number of hydrogen-bond donors (Lipinski definition) is 0. The number of aryl methyl sites for hydroxylation is 1. The Bertz CT molecular complexity index is 394. The fraction of sp³-hybridized carbons (Fsp3) is 0.462. The van der Waals surface area contributed by atoms with E-state index >= 15 is 0 Å². The maximum atomic E-state index is 10.8. The summed E-state index contributed by atoms with van der Waals surface area (Å²) in [5, 5.41) is 0. The minimum absolute atomic E-state index is 0.659. The van der Waals surface area contributed by atoms with Crippen molar-refractivity contribution in [3.8, 4) is 11.5 Å². The summed E-state index contributed by atoms with van der Waals surface area (Å²) in [7, 11) is 1.61. The first-order chi connectivity index (χ1) is 7.74. The number of hydrogen-bond acceptors (Lipinski definition) is 3. The maximum absolute atomic E-state index is 10.8. The molecule has 3 heteroatoms. The predicted octanol–water partition coefficient (Wildman–Crippen LogP) is 2.60. The summed E-state index contributed by atoms with van der Waals surface area (Å²) in [6.07, 6.45) is 3.34. The van der Waals surface area contributed by atoms with Gasteiger partial charge in [-0.05, 0) is 43.4 Å². The van der Waals surface area contributed by atoms with Crippen LogP contribution >= 0.6 is 0 Å². The highest BCUT2D eigenvalue weighted by atomic mass is 16.5. The molecular formula is C13H16O3. The number of carbonyl (C=O) groups excluding carboxylic acids is 1. The summed E-state index contributed by atoms with van der Waals surface area (Å²) >= 11 is 0. The summed E-state index contributed by atoms with van der Waals surface area (Å²) in [6.45, 7) is 2.61. The zero-order valence-corrected chi connectivity index (χ0v) is 9.66. The van der Waals surface area contributed by atoms with Crippen molar-refractivity contribution in [2.24, 2.45) is 5.92 Å². The van der Waals surface area contributed by atoms with Crippen LogP contribution in [-0.2, 0) is 0 Å². The summed E-state index contributed by atoms with van der Waals surface area (Å²) in [5.74, 6) is 2.05. The molecular weight excluding hydrogens is 204 g/mol. The number of rotatable bonds is 5. The summed E-state index contributed by atoms with van der Waals surface area (Å²) < 4.78 is 10.9. The molecule has 1 fully saturated rings. The molecule has 0 amide bonds. The van der Waals surface area contributed by atoms with Crippen molar-refractivity contribution >= 4 is 6.29 Å². The van der Waals surface area contributed by atoms with Gasteiger partial charge in [0.15, 0.2) is 11.5 Å². The molecule has 1 aliphatic rings. The van der Waals surface area contributed by atoms with Gasteiger partial charge in [0.25, 0.3) is 0 Å². The van der Waals surface area contributed by atoms with Gasteiger partial charge in [-0.1, -0.05) is 0 Å². The van der Waals surface area contributed by atoms with Crippen molar-refractivity contribution in [2.75, 3.05) is 13.7 Å². The third-order valence-electron chi connectivity index (χ3n) is 2.85. The van der Waals surface area contributed by atoms with E-state index in [-0.39, 0.29) is 0 Å². The van der Waals surface area contributed by atoms with Crippen molar-refractivity contribution in [2.45, 2.75) is 19.8 Å². The molecule has 0 heterocycles. The number of aldehydes is 1.